The zero-order valence-electron chi connectivity index (χ0n) is 21.5. The Hall–Kier alpha value is -3.34. The molecule has 0 radical (unpaired) electrons. The van der Waals surface area contributed by atoms with Crippen LogP contribution < -0.4 is 10.2 Å². The highest BCUT2D eigenvalue weighted by atomic mass is 19.4. The Morgan fingerprint density at radius 2 is 1.63 bits per heavy atom. The van der Waals surface area contributed by atoms with Gasteiger partial charge in [0.15, 0.2) is 0 Å². The lowest BCUT2D eigenvalue weighted by Crippen LogP contribution is -2.55. The Bertz CT molecular complexity index is 1130. The van der Waals surface area contributed by atoms with Gasteiger partial charge in [0.1, 0.15) is 11.2 Å². The van der Waals surface area contributed by atoms with Crippen molar-refractivity contribution >= 4 is 23.0 Å². The van der Waals surface area contributed by atoms with Crippen molar-refractivity contribution < 1.29 is 27.6 Å². The maximum atomic E-state index is 13.3. The number of nitro groups is 1. The SMILES string of the molecule is CC(C)(O[C@H]1CC[C@H](Nc2ccc([N+](=O)[O-])c(C(F)(F)F)c2)CC1)C(=O)N1CCN(c2ccccc2)CC1. The van der Waals surface area contributed by atoms with Crippen LogP contribution in [-0.2, 0) is 15.7 Å². The first-order valence-electron chi connectivity index (χ1n) is 12.8. The number of nitrogens with one attached hydrogen (secondary N) is 1. The highest BCUT2D eigenvalue weighted by molar-refractivity contribution is 5.84. The standard InChI is InChI=1S/C27H33F3N4O4/c1-26(2,25(35)33-16-14-32(15-17-33)21-6-4-3-5-7-21)38-22-11-8-19(9-12-22)31-20-10-13-24(34(36)37)23(18-20)27(28,29)30/h3-7,10,13,18-19,22,31H,8-9,11-12,14-17H2,1-2H3/t19-,22-. The summed E-state index contributed by atoms with van der Waals surface area (Å²) in [6.07, 6.45) is -2.38. The van der Waals surface area contributed by atoms with Crippen LogP contribution in [0.25, 0.3) is 0 Å². The van der Waals surface area contributed by atoms with Crippen LogP contribution in [0.2, 0.25) is 0 Å². The van der Waals surface area contributed by atoms with Gasteiger partial charge in [0, 0.05) is 49.7 Å². The van der Waals surface area contributed by atoms with E-state index in [4.69, 9.17) is 4.74 Å². The molecule has 4 rings (SSSR count). The minimum atomic E-state index is -4.82. The Morgan fingerprint density at radius 3 is 2.21 bits per heavy atom. The van der Waals surface area contributed by atoms with Gasteiger partial charge in [0.25, 0.3) is 11.6 Å². The third kappa shape index (κ3) is 6.56. The number of amides is 1. The molecule has 0 unspecified atom stereocenters. The molecule has 8 nitrogen and oxygen atoms in total. The van der Waals surface area contributed by atoms with E-state index in [-0.39, 0.29) is 23.7 Å². The van der Waals surface area contributed by atoms with E-state index in [1.165, 1.54) is 6.07 Å². The van der Waals surface area contributed by atoms with Gasteiger partial charge >= 0.3 is 6.18 Å². The van der Waals surface area contributed by atoms with Crippen LogP contribution >= 0.6 is 0 Å². The second-order valence-corrected chi connectivity index (χ2v) is 10.3. The first-order chi connectivity index (χ1) is 17.9. The second kappa shape index (κ2) is 11.2. The predicted molar refractivity (Wildman–Crippen MR) is 138 cm³/mol. The van der Waals surface area contributed by atoms with E-state index in [2.05, 4.69) is 22.3 Å². The maximum absolute atomic E-state index is 13.3. The van der Waals surface area contributed by atoms with Crippen molar-refractivity contribution in [1.82, 2.24) is 4.90 Å². The molecule has 2 fully saturated rings. The molecule has 1 N–H and O–H groups in total. The minimum absolute atomic E-state index is 0.0454. The Morgan fingerprint density at radius 1 is 1.00 bits per heavy atom. The molecule has 1 aliphatic carbocycles. The predicted octanol–water partition coefficient (Wildman–Crippen LogP) is 5.48. The van der Waals surface area contributed by atoms with Gasteiger partial charge in [-0.05, 0) is 63.8 Å². The molecule has 0 aromatic heterocycles. The number of carbonyl (C=O) groups is 1. The number of nitrogens with zero attached hydrogens (tertiary/aromatic N) is 3. The summed E-state index contributed by atoms with van der Waals surface area (Å²) in [5, 5.41) is 14.1. The molecule has 1 saturated carbocycles. The van der Waals surface area contributed by atoms with E-state index in [0.29, 0.717) is 38.8 Å². The molecule has 206 valence electrons. The lowest BCUT2D eigenvalue weighted by Gasteiger charge is -2.41. The summed E-state index contributed by atoms with van der Waals surface area (Å²) in [6, 6.07) is 13.0. The molecule has 2 aromatic rings. The van der Waals surface area contributed by atoms with Crippen LogP contribution in [0.15, 0.2) is 48.5 Å². The number of piperazine rings is 1. The first kappa shape index (κ1) is 27.7. The van der Waals surface area contributed by atoms with Crippen molar-refractivity contribution in [2.45, 2.75) is 63.5 Å². The zero-order valence-corrected chi connectivity index (χ0v) is 21.5. The van der Waals surface area contributed by atoms with Crippen LogP contribution in [0.4, 0.5) is 30.2 Å². The molecule has 2 aliphatic rings. The van der Waals surface area contributed by atoms with Crippen LogP contribution in [0, 0.1) is 10.1 Å². The van der Waals surface area contributed by atoms with E-state index in [1.54, 1.807) is 13.8 Å². The summed E-state index contributed by atoms with van der Waals surface area (Å²) in [5.41, 5.74) is -1.89. The summed E-state index contributed by atoms with van der Waals surface area (Å²) in [7, 11) is 0. The molecule has 0 atom stereocenters. The molecule has 2 aromatic carbocycles. The fourth-order valence-electron chi connectivity index (χ4n) is 5.23. The molecule has 11 heteroatoms. The lowest BCUT2D eigenvalue weighted by atomic mass is 9.92. The van der Waals surface area contributed by atoms with Crippen LogP contribution in [-0.4, -0.2) is 59.7 Å². The van der Waals surface area contributed by atoms with E-state index in [9.17, 15) is 28.1 Å². The Kier molecular flexibility index (Phi) is 8.15. The number of rotatable bonds is 7. The van der Waals surface area contributed by atoms with Crippen molar-refractivity contribution in [3.8, 4) is 0 Å². The van der Waals surface area contributed by atoms with E-state index in [0.717, 1.165) is 30.9 Å². The van der Waals surface area contributed by atoms with Gasteiger partial charge in [-0.15, -0.1) is 0 Å². The highest BCUT2D eigenvalue weighted by Gasteiger charge is 2.39. The Labute approximate surface area is 219 Å². The smallest absolute Gasteiger partial charge is 0.382 e. The minimum Gasteiger partial charge on any atom is -0.382 e. The van der Waals surface area contributed by atoms with E-state index < -0.39 is 28.0 Å². The Balaban J connectivity index is 1.27. The number of nitro benzene ring substituents is 1. The number of para-hydroxylation sites is 1. The summed E-state index contributed by atoms with van der Waals surface area (Å²) >= 11 is 0. The average Bonchev–Trinajstić information content (AvgIpc) is 2.89. The fraction of sp³-hybridized carbons (Fsp3) is 0.519. The second-order valence-electron chi connectivity index (χ2n) is 10.3. The summed E-state index contributed by atoms with van der Waals surface area (Å²) < 4.78 is 46.1. The van der Waals surface area contributed by atoms with Crippen LogP contribution in [0.3, 0.4) is 0 Å². The number of carbonyl (C=O) groups excluding carboxylic acids is 1. The molecule has 1 amide bonds. The number of hydrogen-bond acceptors (Lipinski definition) is 6. The van der Waals surface area contributed by atoms with Crippen LogP contribution in [0.1, 0.15) is 45.1 Å². The monoisotopic (exact) mass is 534 g/mol. The van der Waals surface area contributed by atoms with E-state index >= 15 is 0 Å². The molecule has 1 heterocycles. The van der Waals surface area contributed by atoms with E-state index in [1.807, 2.05) is 23.1 Å². The largest absolute Gasteiger partial charge is 0.423 e. The number of ether oxygens (including phenoxy) is 1. The average molecular weight is 535 g/mol. The molecule has 0 spiro atoms. The molecule has 1 saturated heterocycles. The lowest BCUT2D eigenvalue weighted by molar-refractivity contribution is -0.388. The van der Waals surface area contributed by atoms with Crippen molar-refractivity contribution in [2.75, 3.05) is 36.4 Å². The molecule has 0 bridgehead atoms. The van der Waals surface area contributed by atoms with Crippen molar-refractivity contribution in [3.05, 3.63) is 64.2 Å². The molecule has 38 heavy (non-hydrogen) atoms. The first-order valence-corrected chi connectivity index (χ1v) is 12.8. The van der Waals surface area contributed by atoms with Gasteiger partial charge in [0.05, 0.1) is 11.0 Å². The summed E-state index contributed by atoms with van der Waals surface area (Å²) in [5.74, 6) is -0.0454. The van der Waals surface area contributed by atoms with Gasteiger partial charge in [-0.3, -0.25) is 14.9 Å². The number of alkyl halides is 3. The van der Waals surface area contributed by atoms with Gasteiger partial charge in [-0.25, -0.2) is 0 Å². The molecule has 1 aliphatic heterocycles. The van der Waals surface area contributed by atoms with Gasteiger partial charge in [-0.1, -0.05) is 18.2 Å². The van der Waals surface area contributed by atoms with Gasteiger partial charge in [-0.2, -0.15) is 13.2 Å². The third-order valence-electron chi connectivity index (χ3n) is 7.21. The number of benzene rings is 2. The van der Waals surface area contributed by atoms with Crippen molar-refractivity contribution in [3.63, 3.8) is 0 Å². The van der Waals surface area contributed by atoms with Crippen LogP contribution in [0.5, 0.6) is 0 Å². The normalized spacial score (nSPS) is 20.8. The third-order valence-corrected chi connectivity index (χ3v) is 7.21. The van der Waals surface area contributed by atoms with Gasteiger partial charge < -0.3 is 19.9 Å². The maximum Gasteiger partial charge on any atom is 0.423 e. The fourth-order valence-corrected chi connectivity index (χ4v) is 5.23. The summed E-state index contributed by atoms with van der Waals surface area (Å²) in [6.45, 7) is 6.32. The zero-order chi connectivity index (χ0) is 27.5. The van der Waals surface area contributed by atoms with Crippen molar-refractivity contribution in [2.24, 2.45) is 0 Å². The summed E-state index contributed by atoms with van der Waals surface area (Å²) in [4.78, 5) is 27.3. The number of halogens is 3. The van der Waals surface area contributed by atoms with Gasteiger partial charge in [0.2, 0.25) is 0 Å². The van der Waals surface area contributed by atoms with Crippen molar-refractivity contribution in [1.29, 1.82) is 0 Å². The number of anilines is 2. The molecular formula is C27H33F3N4O4. The number of hydrogen-bond donors (Lipinski definition) is 1. The topological polar surface area (TPSA) is 87.9 Å². The highest BCUT2D eigenvalue weighted by Crippen LogP contribution is 2.38. The quantitative estimate of drug-likeness (QED) is 0.374. The molecular weight excluding hydrogens is 501 g/mol.